The summed E-state index contributed by atoms with van der Waals surface area (Å²) in [5, 5.41) is 3.70. The lowest BCUT2D eigenvalue weighted by atomic mass is 10.1. The molecule has 0 aromatic heterocycles. The van der Waals surface area contributed by atoms with Crippen LogP contribution in [-0.4, -0.2) is 25.2 Å². The van der Waals surface area contributed by atoms with E-state index in [0.717, 1.165) is 43.5 Å². The predicted octanol–water partition coefficient (Wildman–Crippen LogP) is 7.03. The Kier molecular flexibility index (Phi) is 5.51. The number of carbonyl (C=O) groups excluding carboxylic acids is 1. The number of fused-ring (bicyclic) bond motifs is 2. The van der Waals surface area contributed by atoms with E-state index in [9.17, 15) is 4.79 Å². The van der Waals surface area contributed by atoms with E-state index in [1.165, 1.54) is 11.8 Å². The third-order valence-electron chi connectivity index (χ3n) is 6.01. The number of anilines is 2. The summed E-state index contributed by atoms with van der Waals surface area (Å²) in [6.45, 7) is 0. The van der Waals surface area contributed by atoms with Crippen LogP contribution in [0.4, 0.5) is 17.1 Å². The molecule has 35 heavy (non-hydrogen) atoms. The second kappa shape index (κ2) is 8.83. The van der Waals surface area contributed by atoms with Crippen LogP contribution in [0.2, 0.25) is 0 Å². The number of aliphatic imine (C=N–C) groups is 1. The van der Waals surface area contributed by atoms with Gasteiger partial charge in [-0.05, 0) is 47.5 Å². The normalized spacial score (nSPS) is 18.6. The summed E-state index contributed by atoms with van der Waals surface area (Å²) in [5.74, 6) is 0.714. The highest BCUT2D eigenvalue weighted by molar-refractivity contribution is 8.20. The van der Waals surface area contributed by atoms with Gasteiger partial charge >= 0.3 is 0 Å². The Morgan fingerprint density at radius 1 is 0.857 bits per heavy atom. The van der Waals surface area contributed by atoms with Gasteiger partial charge in [0.25, 0.3) is 5.91 Å². The molecule has 2 aliphatic rings. The first-order valence-corrected chi connectivity index (χ1v) is 12.7. The summed E-state index contributed by atoms with van der Waals surface area (Å²) < 4.78 is 5.41. The molecule has 4 aromatic carbocycles. The van der Waals surface area contributed by atoms with Gasteiger partial charge in [-0.3, -0.25) is 9.69 Å². The number of methoxy groups -OCH3 is 1. The number of benzene rings is 4. The maximum absolute atomic E-state index is 13.9. The fraction of sp³-hybridized carbons (Fsp3) is 0.0714. The van der Waals surface area contributed by atoms with Crippen LogP contribution in [0.3, 0.4) is 0 Å². The number of amides is 1. The summed E-state index contributed by atoms with van der Waals surface area (Å²) in [5.41, 5.74) is 2.66. The molecule has 0 radical (unpaired) electrons. The van der Waals surface area contributed by atoms with E-state index < -0.39 is 0 Å². The van der Waals surface area contributed by atoms with Gasteiger partial charge in [0.2, 0.25) is 0 Å². The minimum atomic E-state index is -0.0747. The third-order valence-corrected chi connectivity index (χ3v) is 8.41. The van der Waals surface area contributed by atoms with E-state index in [0.29, 0.717) is 10.1 Å². The van der Waals surface area contributed by atoms with E-state index in [4.69, 9.17) is 9.73 Å². The van der Waals surface area contributed by atoms with Crippen LogP contribution in [0.15, 0.2) is 111 Å². The van der Waals surface area contributed by atoms with Gasteiger partial charge in [0, 0.05) is 23.4 Å². The van der Waals surface area contributed by atoms with Crippen LogP contribution in [0.25, 0.3) is 10.8 Å². The standard InChI is InChI=1S/C28H21N3O2S2/c1-30-23-17-20(33-2)15-16-24(23)34-27(30)25-26(32)31(19-11-4-3-5-12-19)28(35-25)29-22-14-8-10-18-9-6-7-13-21(18)22/h3-17H,1-2H3/b27-25-,29-28?. The largest absolute Gasteiger partial charge is 0.497 e. The molecule has 5 nitrogen and oxygen atoms in total. The van der Waals surface area contributed by atoms with Crippen LogP contribution < -0.4 is 14.5 Å². The van der Waals surface area contributed by atoms with Crippen molar-refractivity contribution in [2.24, 2.45) is 4.99 Å². The van der Waals surface area contributed by atoms with E-state index >= 15 is 0 Å². The van der Waals surface area contributed by atoms with Crippen molar-refractivity contribution >= 4 is 62.4 Å². The Balaban J connectivity index is 1.48. The van der Waals surface area contributed by atoms with Crippen LogP contribution >= 0.6 is 23.5 Å². The van der Waals surface area contributed by atoms with Gasteiger partial charge in [0.05, 0.1) is 29.2 Å². The molecule has 2 aliphatic heterocycles. The zero-order chi connectivity index (χ0) is 23.9. The first kappa shape index (κ1) is 21.8. The molecule has 0 saturated carbocycles. The van der Waals surface area contributed by atoms with Crippen molar-refractivity contribution in [1.82, 2.24) is 0 Å². The fourth-order valence-corrected chi connectivity index (χ4v) is 6.56. The van der Waals surface area contributed by atoms with Crippen molar-refractivity contribution in [2.45, 2.75) is 4.90 Å². The molecule has 7 heteroatoms. The smallest absolute Gasteiger partial charge is 0.274 e. The molecule has 1 fully saturated rings. The molecule has 0 atom stereocenters. The molecule has 6 rings (SSSR count). The van der Waals surface area contributed by atoms with E-state index in [1.54, 1.807) is 23.8 Å². The first-order chi connectivity index (χ1) is 17.1. The highest BCUT2D eigenvalue weighted by atomic mass is 32.2. The minimum Gasteiger partial charge on any atom is -0.497 e. The molecule has 2 heterocycles. The van der Waals surface area contributed by atoms with Gasteiger partial charge in [-0.25, -0.2) is 4.99 Å². The van der Waals surface area contributed by atoms with Crippen molar-refractivity contribution in [1.29, 1.82) is 0 Å². The molecular weight excluding hydrogens is 474 g/mol. The van der Waals surface area contributed by atoms with Gasteiger partial charge in [-0.15, -0.1) is 0 Å². The summed E-state index contributed by atoms with van der Waals surface area (Å²) in [7, 11) is 3.65. The van der Waals surface area contributed by atoms with Crippen LogP contribution in [-0.2, 0) is 4.79 Å². The molecule has 1 saturated heterocycles. The summed E-state index contributed by atoms with van der Waals surface area (Å²) >= 11 is 3.02. The zero-order valence-corrected chi connectivity index (χ0v) is 20.8. The van der Waals surface area contributed by atoms with Crippen LogP contribution in [0.5, 0.6) is 5.75 Å². The lowest BCUT2D eigenvalue weighted by Crippen LogP contribution is -2.29. The van der Waals surface area contributed by atoms with Gasteiger partial charge < -0.3 is 9.64 Å². The van der Waals surface area contributed by atoms with E-state index in [2.05, 4.69) is 23.1 Å². The average molecular weight is 496 g/mol. The van der Waals surface area contributed by atoms with Crippen molar-refractivity contribution in [3.8, 4) is 5.75 Å². The molecule has 1 amide bonds. The highest BCUT2D eigenvalue weighted by Gasteiger charge is 2.40. The third kappa shape index (κ3) is 3.77. The van der Waals surface area contributed by atoms with Crippen LogP contribution in [0.1, 0.15) is 0 Å². The van der Waals surface area contributed by atoms with Gasteiger partial charge in [0.1, 0.15) is 10.7 Å². The molecule has 4 aromatic rings. The minimum absolute atomic E-state index is 0.0747. The quantitative estimate of drug-likeness (QED) is 0.286. The topological polar surface area (TPSA) is 45.1 Å². The molecule has 0 aliphatic carbocycles. The zero-order valence-electron chi connectivity index (χ0n) is 19.1. The van der Waals surface area contributed by atoms with Crippen molar-refractivity contribution in [3.05, 3.63) is 101 Å². The predicted molar refractivity (Wildman–Crippen MR) is 147 cm³/mol. The van der Waals surface area contributed by atoms with Crippen molar-refractivity contribution < 1.29 is 9.53 Å². The van der Waals surface area contributed by atoms with Crippen molar-refractivity contribution in [3.63, 3.8) is 0 Å². The Morgan fingerprint density at radius 3 is 2.46 bits per heavy atom. The molecule has 0 unspecified atom stereocenters. The Labute approximate surface area is 212 Å². The fourth-order valence-electron chi connectivity index (χ4n) is 4.24. The Bertz CT molecular complexity index is 1530. The highest BCUT2D eigenvalue weighted by Crippen LogP contribution is 2.51. The first-order valence-electron chi connectivity index (χ1n) is 11.1. The van der Waals surface area contributed by atoms with Gasteiger partial charge in [-0.1, -0.05) is 66.4 Å². The monoisotopic (exact) mass is 495 g/mol. The van der Waals surface area contributed by atoms with Gasteiger partial charge in [-0.2, -0.15) is 0 Å². The molecule has 0 N–H and O–H groups in total. The number of thioether (sulfide) groups is 2. The summed E-state index contributed by atoms with van der Waals surface area (Å²) in [4.78, 5) is 24.4. The van der Waals surface area contributed by atoms with Crippen LogP contribution in [0, 0.1) is 0 Å². The van der Waals surface area contributed by atoms with Crippen molar-refractivity contribution in [2.75, 3.05) is 24.0 Å². The maximum atomic E-state index is 13.9. The molecule has 172 valence electrons. The number of amidine groups is 1. The number of ether oxygens (including phenoxy) is 1. The lowest BCUT2D eigenvalue weighted by Gasteiger charge is -2.17. The molecule has 0 bridgehead atoms. The summed E-state index contributed by atoms with van der Waals surface area (Å²) in [6, 6.07) is 29.9. The number of hydrogen-bond donors (Lipinski definition) is 0. The number of rotatable bonds is 3. The summed E-state index contributed by atoms with van der Waals surface area (Å²) in [6.07, 6.45) is 0. The average Bonchev–Trinajstić information content (AvgIpc) is 3.40. The number of para-hydroxylation sites is 1. The lowest BCUT2D eigenvalue weighted by molar-refractivity contribution is -0.113. The van der Waals surface area contributed by atoms with E-state index in [-0.39, 0.29) is 5.91 Å². The van der Waals surface area contributed by atoms with Gasteiger partial charge in [0.15, 0.2) is 5.17 Å². The SMILES string of the molecule is COc1ccc2c(c1)N(C)/C(=C1/SC(=Nc3cccc4ccccc34)N(c3ccccc3)C1=O)S2. The second-order valence-electron chi connectivity index (χ2n) is 8.10. The molecule has 0 spiro atoms. The molecular formula is C28H21N3O2S2. The Morgan fingerprint density at radius 2 is 1.63 bits per heavy atom. The van der Waals surface area contributed by atoms with E-state index in [1.807, 2.05) is 79.8 Å². The number of carbonyl (C=O) groups is 1. The maximum Gasteiger partial charge on any atom is 0.274 e. The number of hydrogen-bond acceptors (Lipinski definition) is 6. The second-order valence-corrected chi connectivity index (χ2v) is 10.1. The Hall–Kier alpha value is -3.68. The number of nitrogens with zero attached hydrogens (tertiary/aromatic N) is 3.